The van der Waals surface area contributed by atoms with Gasteiger partial charge in [-0.25, -0.2) is 4.98 Å². The molecule has 0 spiro atoms. The average Bonchev–Trinajstić information content (AvgIpc) is 3.05. The quantitative estimate of drug-likeness (QED) is 0.649. The Bertz CT molecular complexity index is 881. The Morgan fingerprint density at radius 1 is 1.20 bits per heavy atom. The second-order valence-corrected chi connectivity index (χ2v) is 6.69. The average molecular weight is 352 g/mol. The number of aromatic nitrogens is 1. The van der Waals surface area contributed by atoms with E-state index in [1.807, 2.05) is 48.5 Å². The van der Waals surface area contributed by atoms with Crippen LogP contribution < -0.4 is 9.84 Å². The molecular weight excluding hydrogens is 334 g/mol. The predicted molar refractivity (Wildman–Crippen MR) is 99.3 cm³/mol. The topological polar surface area (TPSA) is 62.2 Å². The summed E-state index contributed by atoms with van der Waals surface area (Å²) in [4.78, 5) is 15.4. The number of thiazole rings is 1. The zero-order valence-corrected chi connectivity index (χ0v) is 14.7. The van der Waals surface area contributed by atoms with Gasteiger partial charge in [0, 0.05) is 5.97 Å². The summed E-state index contributed by atoms with van der Waals surface area (Å²) in [6.45, 7) is 0. The number of aliphatic carboxylic acids is 1. The number of rotatable bonds is 7. The lowest BCUT2D eigenvalue weighted by molar-refractivity contribution is -0.305. The maximum absolute atomic E-state index is 10.7. The Labute approximate surface area is 150 Å². The molecule has 0 radical (unpaired) electrons. The number of hydrogen-bond acceptors (Lipinski definition) is 5. The number of allylic oxidation sites excluding steroid dienone is 1. The summed E-state index contributed by atoms with van der Waals surface area (Å²) in [5.74, 6) is -0.239. The fourth-order valence-corrected chi connectivity index (χ4v) is 3.62. The van der Waals surface area contributed by atoms with Gasteiger partial charge in [-0.05, 0) is 60.7 Å². The number of hydrogen-bond donors (Lipinski definition) is 0. The van der Waals surface area contributed by atoms with Crippen molar-refractivity contribution in [2.75, 3.05) is 7.11 Å². The number of carbonyl (C=O) groups excluding carboxylic acids is 1. The van der Waals surface area contributed by atoms with E-state index < -0.39 is 5.97 Å². The van der Waals surface area contributed by atoms with Gasteiger partial charge < -0.3 is 14.6 Å². The van der Waals surface area contributed by atoms with Crippen LogP contribution in [0.1, 0.15) is 29.8 Å². The summed E-state index contributed by atoms with van der Waals surface area (Å²) in [6, 6.07) is 15.8. The number of fused-ring (bicyclic) bond motifs is 1. The molecule has 1 aromatic heterocycles. The Morgan fingerprint density at radius 2 is 2.04 bits per heavy atom. The number of carbonyl (C=O) groups is 1. The predicted octanol–water partition coefficient (Wildman–Crippen LogP) is 3.77. The smallest absolute Gasteiger partial charge is 0.120 e. The molecule has 0 saturated heterocycles. The van der Waals surface area contributed by atoms with E-state index in [1.165, 1.54) is 0 Å². The van der Waals surface area contributed by atoms with Gasteiger partial charge in [-0.3, -0.25) is 0 Å². The van der Waals surface area contributed by atoms with Crippen molar-refractivity contribution in [1.29, 1.82) is 0 Å². The third kappa shape index (κ3) is 4.45. The van der Waals surface area contributed by atoms with E-state index in [9.17, 15) is 9.90 Å². The molecule has 0 bridgehead atoms. The van der Waals surface area contributed by atoms with Crippen molar-refractivity contribution in [1.82, 2.24) is 4.98 Å². The zero-order chi connectivity index (χ0) is 17.6. The lowest BCUT2D eigenvalue weighted by Crippen LogP contribution is -2.21. The van der Waals surface area contributed by atoms with E-state index in [2.05, 4.69) is 6.08 Å². The van der Waals surface area contributed by atoms with Crippen molar-refractivity contribution in [2.45, 2.75) is 19.3 Å². The molecule has 128 valence electrons. The number of para-hydroxylation sites is 1. The normalized spacial score (nSPS) is 11.6. The standard InChI is InChI=1S/C20H19NO3S/c1-24-16-8-4-6-14(13-16)12-15(7-5-11-19(22)23)20-21-17-9-2-3-10-18(17)25-20/h2-4,6,8-10,12-13H,5,7,11H2,1H3,(H,22,23)/p-1/b15-12+. The molecule has 2 aromatic carbocycles. The minimum atomic E-state index is -1.02. The number of nitrogens with zero attached hydrogens (tertiary/aromatic N) is 1. The largest absolute Gasteiger partial charge is 0.550 e. The van der Waals surface area contributed by atoms with Gasteiger partial charge in [0.15, 0.2) is 0 Å². The summed E-state index contributed by atoms with van der Waals surface area (Å²) < 4.78 is 6.39. The highest BCUT2D eigenvalue weighted by molar-refractivity contribution is 7.19. The third-order valence-electron chi connectivity index (χ3n) is 3.83. The molecule has 3 aromatic rings. The van der Waals surface area contributed by atoms with Crippen molar-refractivity contribution >= 4 is 39.2 Å². The van der Waals surface area contributed by atoms with E-state index in [1.54, 1.807) is 18.4 Å². The molecule has 0 atom stereocenters. The molecule has 0 aliphatic carbocycles. The SMILES string of the molecule is COc1cccc(/C=C(\CCCC(=O)[O-])c2nc3ccccc3s2)c1. The molecule has 0 saturated carbocycles. The van der Waals surface area contributed by atoms with Gasteiger partial charge in [0.1, 0.15) is 10.8 Å². The Hall–Kier alpha value is -2.66. The van der Waals surface area contributed by atoms with E-state index in [0.29, 0.717) is 12.8 Å². The monoisotopic (exact) mass is 352 g/mol. The molecule has 0 aliphatic rings. The van der Waals surface area contributed by atoms with Crippen LogP contribution in [0.5, 0.6) is 5.75 Å². The van der Waals surface area contributed by atoms with Crippen LogP contribution in [0.4, 0.5) is 0 Å². The van der Waals surface area contributed by atoms with E-state index in [4.69, 9.17) is 9.72 Å². The second kappa shape index (κ2) is 7.94. The van der Waals surface area contributed by atoms with E-state index in [-0.39, 0.29) is 6.42 Å². The number of benzene rings is 2. The van der Waals surface area contributed by atoms with Crippen LogP contribution in [-0.2, 0) is 4.79 Å². The van der Waals surface area contributed by atoms with E-state index in [0.717, 1.165) is 32.1 Å². The van der Waals surface area contributed by atoms with Crippen LogP contribution in [0.2, 0.25) is 0 Å². The van der Waals surface area contributed by atoms with Gasteiger partial charge in [-0.1, -0.05) is 24.3 Å². The van der Waals surface area contributed by atoms with Gasteiger partial charge in [0.25, 0.3) is 0 Å². The zero-order valence-electron chi connectivity index (χ0n) is 13.9. The molecule has 5 heteroatoms. The molecule has 0 N–H and O–H groups in total. The van der Waals surface area contributed by atoms with Crippen LogP contribution in [0.25, 0.3) is 21.9 Å². The fraction of sp³-hybridized carbons (Fsp3) is 0.200. The molecule has 0 aliphatic heterocycles. The van der Waals surface area contributed by atoms with Gasteiger partial charge in [-0.2, -0.15) is 0 Å². The first-order chi connectivity index (χ1) is 12.2. The van der Waals surface area contributed by atoms with Gasteiger partial charge in [-0.15, -0.1) is 11.3 Å². The molecule has 3 rings (SSSR count). The summed E-state index contributed by atoms with van der Waals surface area (Å²) in [5.41, 5.74) is 2.98. The maximum atomic E-state index is 10.7. The first-order valence-electron chi connectivity index (χ1n) is 8.06. The first kappa shape index (κ1) is 17.2. The lowest BCUT2D eigenvalue weighted by atomic mass is 10.1. The van der Waals surface area contributed by atoms with Gasteiger partial charge in [0.2, 0.25) is 0 Å². The minimum Gasteiger partial charge on any atom is -0.550 e. The van der Waals surface area contributed by atoms with Crippen molar-refractivity contribution < 1.29 is 14.6 Å². The molecule has 0 fully saturated rings. The molecule has 25 heavy (non-hydrogen) atoms. The highest BCUT2D eigenvalue weighted by Crippen LogP contribution is 2.31. The van der Waals surface area contributed by atoms with Gasteiger partial charge in [0.05, 0.1) is 17.3 Å². The lowest BCUT2D eigenvalue weighted by Gasteiger charge is -2.07. The third-order valence-corrected chi connectivity index (χ3v) is 4.94. The number of ether oxygens (including phenoxy) is 1. The van der Waals surface area contributed by atoms with Crippen LogP contribution in [0.3, 0.4) is 0 Å². The van der Waals surface area contributed by atoms with Crippen molar-refractivity contribution in [3.05, 3.63) is 59.1 Å². The van der Waals surface area contributed by atoms with Crippen LogP contribution in [0.15, 0.2) is 48.5 Å². The summed E-state index contributed by atoms with van der Waals surface area (Å²) in [5, 5.41) is 11.7. The van der Waals surface area contributed by atoms with Crippen molar-refractivity contribution in [3.63, 3.8) is 0 Å². The second-order valence-electron chi connectivity index (χ2n) is 5.66. The van der Waals surface area contributed by atoms with Gasteiger partial charge >= 0.3 is 0 Å². The summed E-state index contributed by atoms with van der Waals surface area (Å²) in [6.07, 6.45) is 3.24. The molecule has 0 unspecified atom stereocenters. The fourth-order valence-electron chi connectivity index (χ4n) is 2.61. The van der Waals surface area contributed by atoms with Crippen molar-refractivity contribution in [3.8, 4) is 5.75 Å². The highest BCUT2D eigenvalue weighted by atomic mass is 32.1. The molecule has 4 nitrogen and oxygen atoms in total. The van der Waals surface area contributed by atoms with Crippen LogP contribution >= 0.6 is 11.3 Å². The summed E-state index contributed by atoms with van der Waals surface area (Å²) in [7, 11) is 1.64. The molecule has 1 heterocycles. The van der Waals surface area contributed by atoms with Crippen LogP contribution in [-0.4, -0.2) is 18.1 Å². The van der Waals surface area contributed by atoms with Crippen molar-refractivity contribution in [2.24, 2.45) is 0 Å². The summed E-state index contributed by atoms with van der Waals surface area (Å²) >= 11 is 1.62. The van der Waals surface area contributed by atoms with E-state index >= 15 is 0 Å². The molecular formula is C20H18NO3S-. The highest BCUT2D eigenvalue weighted by Gasteiger charge is 2.09. The number of methoxy groups -OCH3 is 1. The number of carboxylic acid groups (broad SMARTS) is 1. The first-order valence-corrected chi connectivity index (χ1v) is 8.88. The Balaban J connectivity index is 1.95. The maximum Gasteiger partial charge on any atom is 0.120 e. The Kier molecular flexibility index (Phi) is 5.46. The minimum absolute atomic E-state index is 0.0420. The molecule has 0 amide bonds. The van der Waals surface area contributed by atoms with Crippen LogP contribution in [0, 0.1) is 0 Å². The number of carboxylic acids is 1. The Morgan fingerprint density at radius 3 is 2.80 bits per heavy atom.